The number of nitrogens with one attached hydrogen (secondary N) is 1. The number of benzene rings is 2. The standard InChI is InChI=1S/C32H32Cl3N3OS/c1-18-14-20(19(2)38(18)24-11-13-26(34)27(35)16-24)17-36-31-29(30(39)37-23-9-7-22(33)8-10-23)25-12-6-21(32(3,4)5)15-28(25)40-31/h7-11,13-14,16-17,21H,6,12,15H2,1-5H3,(H,37,39)/t21-/m0/s1. The predicted molar refractivity (Wildman–Crippen MR) is 171 cm³/mol. The van der Waals surface area contributed by atoms with Crippen molar-refractivity contribution in [2.75, 3.05) is 5.32 Å². The number of thiophene rings is 1. The van der Waals surface area contributed by atoms with Gasteiger partial charge >= 0.3 is 0 Å². The van der Waals surface area contributed by atoms with Gasteiger partial charge in [0.1, 0.15) is 5.00 Å². The van der Waals surface area contributed by atoms with Gasteiger partial charge in [-0.15, -0.1) is 11.3 Å². The van der Waals surface area contributed by atoms with Gasteiger partial charge in [-0.3, -0.25) is 4.79 Å². The first-order valence-corrected chi connectivity index (χ1v) is 15.3. The smallest absolute Gasteiger partial charge is 0.259 e. The molecule has 1 amide bonds. The van der Waals surface area contributed by atoms with Crippen LogP contribution in [0.2, 0.25) is 15.1 Å². The molecule has 208 valence electrons. The normalized spacial score (nSPS) is 15.4. The van der Waals surface area contributed by atoms with Crippen LogP contribution in [0.15, 0.2) is 53.5 Å². The first-order valence-electron chi connectivity index (χ1n) is 13.3. The summed E-state index contributed by atoms with van der Waals surface area (Å²) >= 11 is 20.1. The highest BCUT2D eigenvalue weighted by atomic mass is 35.5. The third-order valence-electron chi connectivity index (χ3n) is 7.75. The minimum atomic E-state index is -0.137. The van der Waals surface area contributed by atoms with Gasteiger partial charge in [-0.1, -0.05) is 55.6 Å². The van der Waals surface area contributed by atoms with Crippen LogP contribution >= 0.6 is 46.1 Å². The van der Waals surface area contributed by atoms with E-state index in [0.717, 1.165) is 52.5 Å². The van der Waals surface area contributed by atoms with Crippen molar-refractivity contribution >= 4 is 68.9 Å². The molecule has 1 aliphatic rings. The van der Waals surface area contributed by atoms with Crippen LogP contribution in [0.1, 0.15) is 64.9 Å². The summed E-state index contributed by atoms with van der Waals surface area (Å²) in [5.41, 5.74) is 6.72. The van der Waals surface area contributed by atoms with Gasteiger partial charge in [0.05, 0.1) is 15.6 Å². The molecule has 0 bridgehead atoms. The van der Waals surface area contributed by atoms with Crippen LogP contribution in [-0.4, -0.2) is 16.7 Å². The number of hydrogen-bond acceptors (Lipinski definition) is 3. The molecule has 40 heavy (non-hydrogen) atoms. The van der Waals surface area contributed by atoms with E-state index in [1.54, 1.807) is 29.5 Å². The van der Waals surface area contributed by atoms with E-state index in [0.29, 0.717) is 32.2 Å². The van der Waals surface area contributed by atoms with Crippen molar-refractivity contribution < 1.29 is 4.79 Å². The Morgan fingerprint density at radius 3 is 2.45 bits per heavy atom. The molecule has 1 aliphatic carbocycles. The molecular formula is C32H32Cl3N3OS. The summed E-state index contributed by atoms with van der Waals surface area (Å²) < 4.78 is 2.13. The summed E-state index contributed by atoms with van der Waals surface area (Å²) in [5.74, 6) is 0.426. The molecule has 2 aromatic carbocycles. The Kier molecular flexibility index (Phi) is 8.22. The van der Waals surface area contributed by atoms with Gasteiger partial charge in [0.15, 0.2) is 0 Å². The zero-order valence-electron chi connectivity index (χ0n) is 23.2. The first kappa shape index (κ1) is 28.9. The minimum Gasteiger partial charge on any atom is -0.322 e. The lowest BCUT2D eigenvalue weighted by Crippen LogP contribution is -2.27. The number of aliphatic imine (C=N–C) groups is 1. The second kappa shape index (κ2) is 11.4. The molecule has 0 aliphatic heterocycles. The summed E-state index contributed by atoms with van der Waals surface area (Å²) in [6.45, 7) is 11.0. The highest BCUT2D eigenvalue weighted by Crippen LogP contribution is 2.45. The fraction of sp³-hybridized carbons (Fsp3) is 0.312. The summed E-state index contributed by atoms with van der Waals surface area (Å²) in [4.78, 5) is 19.9. The lowest BCUT2D eigenvalue weighted by molar-refractivity contribution is 0.102. The fourth-order valence-electron chi connectivity index (χ4n) is 5.43. The number of halogens is 3. The van der Waals surface area contributed by atoms with Gasteiger partial charge in [-0.25, -0.2) is 4.99 Å². The maximum absolute atomic E-state index is 13.7. The Balaban J connectivity index is 1.52. The molecule has 5 rings (SSSR count). The molecule has 1 N–H and O–H groups in total. The number of aromatic nitrogens is 1. The number of hydrogen-bond donors (Lipinski definition) is 1. The van der Waals surface area contributed by atoms with Crippen LogP contribution in [0.25, 0.3) is 5.69 Å². The average molecular weight is 613 g/mol. The van der Waals surface area contributed by atoms with E-state index in [2.05, 4.69) is 43.6 Å². The van der Waals surface area contributed by atoms with E-state index in [1.807, 2.05) is 37.4 Å². The molecule has 2 heterocycles. The van der Waals surface area contributed by atoms with Gasteiger partial charge in [0.25, 0.3) is 5.91 Å². The van der Waals surface area contributed by atoms with Crippen molar-refractivity contribution in [2.45, 2.75) is 53.9 Å². The zero-order valence-corrected chi connectivity index (χ0v) is 26.3. The Bertz CT molecular complexity index is 1610. The van der Waals surface area contributed by atoms with Crippen LogP contribution in [0, 0.1) is 25.2 Å². The van der Waals surface area contributed by atoms with Crippen LogP contribution in [0.5, 0.6) is 0 Å². The van der Waals surface area contributed by atoms with Crippen LogP contribution in [-0.2, 0) is 12.8 Å². The van der Waals surface area contributed by atoms with E-state index in [4.69, 9.17) is 39.8 Å². The molecule has 4 aromatic rings. The highest BCUT2D eigenvalue weighted by molar-refractivity contribution is 7.16. The molecule has 0 radical (unpaired) electrons. The minimum absolute atomic E-state index is 0.137. The number of aryl methyl sites for hydroxylation is 1. The predicted octanol–water partition coefficient (Wildman–Crippen LogP) is 10.3. The molecule has 4 nitrogen and oxygen atoms in total. The number of carbonyl (C=O) groups excluding carboxylic acids is 1. The Labute approximate surface area is 255 Å². The van der Waals surface area contributed by atoms with Gasteiger partial charge in [-0.2, -0.15) is 0 Å². The quantitative estimate of drug-likeness (QED) is 0.224. The molecule has 0 spiro atoms. The molecule has 0 unspecified atom stereocenters. The molecule has 0 saturated heterocycles. The molecule has 0 fully saturated rings. The summed E-state index contributed by atoms with van der Waals surface area (Å²) in [7, 11) is 0. The average Bonchev–Trinajstić information content (AvgIpc) is 3.40. The number of carbonyl (C=O) groups is 1. The van der Waals surface area contributed by atoms with Gasteiger partial charge in [0, 0.05) is 44.4 Å². The number of anilines is 1. The molecule has 8 heteroatoms. The van der Waals surface area contributed by atoms with Crippen molar-refractivity contribution in [3.63, 3.8) is 0 Å². The largest absolute Gasteiger partial charge is 0.322 e. The van der Waals surface area contributed by atoms with E-state index < -0.39 is 0 Å². The summed E-state index contributed by atoms with van der Waals surface area (Å²) in [6.07, 6.45) is 4.76. The van der Waals surface area contributed by atoms with Crippen molar-refractivity contribution in [3.05, 3.63) is 96.6 Å². The van der Waals surface area contributed by atoms with Gasteiger partial charge in [-0.05, 0) is 98.5 Å². The van der Waals surface area contributed by atoms with Gasteiger partial charge in [0.2, 0.25) is 0 Å². The number of nitrogens with zero attached hydrogens (tertiary/aromatic N) is 2. The maximum Gasteiger partial charge on any atom is 0.259 e. The van der Waals surface area contributed by atoms with E-state index >= 15 is 0 Å². The Hall–Kier alpha value is -2.57. The van der Waals surface area contributed by atoms with E-state index in [9.17, 15) is 4.79 Å². The van der Waals surface area contributed by atoms with Crippen molar-refractivity contribution in [1.82, 2.24) is 4.57 Å². The second-order valence-electron chi connectivity index (χ2n) is 11.5. The Morgan fingerprint density at radius 1 is 1.05 bits per heavy atom. The fourth-order valence-corrected chi connectivity index (χ4v) is 7.12. The lowest BCUT2D eigenvalue weighted by atomic mass is 9.72. The van der Waals surface area contributed by atoms with Gasteiger partial charge < -0.3 is 9.88 Å². The maximum atomic E-state index is 13.7. The summed E-state index contributed by atoms with van der Waals surface area (Å²) in [5, 5.41) is 5.47. The molecular weight excluding hydrogens is 581 g/mol. The first-order chi connectivity index (χ1) is 18.9. The van der Waals surface area contributed by atoms with Crippen LogP contribution in [0.4, 0.5) is 10.7 Å². The van der Waals surface area contributed by atoms with Crippen molar-refractivity contribution in [2.24, 2.45) is 16.3 Å². The second-order valence-corrected chi connectivity index (χ2v) is 13.8. The van der Waals surface area contributed by atoms with Crippen LogP contribution in [0.3, 0.4) is 0 Å². The van der Waals surface area contributed by atoms with Crippen molar-refractivity contribution in [1.29, 1.82) is 0 Å². The monoisotopic (exact) mass is 611 g/mol. The summed E-state index contributed by atoms with van der Waals surface area (Å²) in [6, 6.07) is 14.9. The molecule has 2 aromatic heterocycles. The molecule has 0 saturated carbocycles. The van der Waals surface area contributed by atoms with E-state index in [1.165, 1.54) is 4.88 Å². The SMILES string of the molecule is Cc1cc(C=Nc2sc3c(c2C(=O)Nc2ccc(Cl)cc2)CC[C@H](C(C)(C)C)C3)c(C)n1-c1ccc(Cl)c(Cl)c1. The third-order valence-corrected chi connectivity index (χ3v) is 9.91. The van der Waals surface area contributed by atoms with Crippen molar-refractivity contribution in [3.8, 4) is 5.69 Å². The topological polar surface area (TPSA) is 46.4 Å². The lowest BCUT2D eigenvalue weighted by Gasteiger charge is -2.33. The number of amides is 1. The number of rotatable bonds is 5. The highest BCUT2D eigenvalue weighted by Gasteiger charge is 2.33. The number of fused-ring (bicyclic) bond motifs is 1. The van der Waals surface area contributed by atoms with Crippen LogP contribution < -0.4 is 5.32 Å². The third kappa shape index (κ3) is 5.89. The Morgan fingerprint density at radius 2 is 1.77 bits per heavy atom. The molecule has 1 atom stereocenters. The zero-order chi connectivity index (χ0) is 28.8. The van der Waals surface area contributed by atoms with E-state index in [-0.39, 0.29) is 11.3 Å².